The van der Waals surface area contributed by atoms with E-state index in [2.05, 4.69) is 72.6 Å². The van der Waals surface area contributed by atoms with Gasteiger partial charge in [-0.05, 0) is 36.6 Å². The predicted octanol–water partition coefficient (Wildman–Crippen LogP) is 4.53. The first-order chi connectivity index (χ1) is 12.2. The monoisotopic (exact) mass is 328 g/mol. The number of nitrogens with zero attached hydrogens (tertiary/aromatic N) is 2. The van der Waals surface area contributed by atoms with Crippen molar-refractivity contribution in [2.45, 2.75) is 20.3 Å². The van der Waals surface area contributed by atoms with Crippen molar-refractivity contribution in [1.82, 2.24) is 9.97 Å². The maximum Gasteiger partial charge on any atom is 0.116 e. The largest absolute Gasteiger partial charge is 0.236 e. The third-order valence-corrected chi connectivity index (χ3v) is 3.71. The maximum atomic E-state index is 4.52. The average Bonchev–Trinajstić information content (AvgIpc) is 2.63. The Morgan fingerprint density at radius 1 is 1.00 bits per heavy atom. The molecular weight excluding hydrogens is 304 g/mol. The van der Waals surface area contributed by atoms with Crippen LogP contribution in [0.5, 0.6) is 0 Å². The first-order valence-corrected chi connectivity index (χ1v) is 8.45. The van der Waals surface area contributed by atoms with Crippen molar-refractivity contribution < 1.29 is 0 Å². The number of aromatic nitrogens is 2. The molecule has 0 aliphatic heterocycles. The van der Waals surface area contributed by atoms with Crippen LogP contribution in [0.3, 0.4) is 0 Å². The maximum absolute atomic E-state index is 4.52. The Balaban J connectivity index is 2.75. The van der Waals surface area contributed by atoms with Crippen molar-refractivity contribution in [3.05, 3.63) is 83.7 Å². The van der Waals surface area contributed by atoms with Gasteiger partial charge in [-0.2, -0.15) is 0 Å². The summed E-state index contributed by atoms with van der Waals surface area (Å²) >= 11 is 0. The fraction of sp³-hybridized carbons (Fsp3) is 0.130. The van der Waals surface area contributed by atoms with Gasteiger partial charge in [-0.25, -0.2) is 9.97 Å². The van der Waals surface area contributed by atoms with Gasteiger partial charge in [0.05, 0.1) is 11.0 Å². The van der Waals surface area contributed by atoms with E-state index in [0.29, 0.717) is 0 Å². The van der Waals surface area contributed by atoms with Crippen molar-refractivity contribution in [2.24, 2.45) is 0 Å². The third kappa shape index (κ3) is 4.51. The van der Waals surface area contributed by atoms with Gasteiger partial charge in [0.1, 0.15) is 6.33 Å². The second kappa shape index (κ2) is 9.33. The molecule has 25 heavy (non-hydrogen) atoms. The molecule has 0 fully saturated rings. The molecule has 126 valence electrons. The zero-order chi connectivity index (χ0) is 18.1. The number of allylic oxidation sites excluding steroid dienone is 4. The van der Waals surface area contributed by atoms with Gasteiger partial charge in [-0.3, -0.25) is 0 Å². The Morgan fingerprint density at radius 3 is 2.48 bits per heavy atom. The van der Waals surface area contributed by atoms with Crippen LogP contribution < -0.4 is 10.6 Å². The highest BCUT2D eigenvalue weighted by molar-refractivity contribution is 5.73. The summed E-state index contributed by atoms with van der Waals surface area (Å²) in [6.07, 6.45) is 18.4. The van der Waals surface area contributed by atoms with Crippen LogP contribution in [-0.2, 0) is 0 Å². The van der Waals surface area contributed by atoms with E-state index in [-0.39, 0.29) is 0 Å². The first kappa shape index (κ1) is 18.3. The molecule has 0 spiro atoms. The molecule has 0 aliphatic carbocycles. The Bertz CT molecular complexity index is 931. The highest BCUT2D eigenvalue weighted by Gasteiger charge is 2.06. The molecule has 0 amide bonds. The molecule has 0 atom stereocenters. The summed E-state index contributed by atoms with van der Waals surface area (Å²) in [5.74, 6) is 0. The summed E-state index contributed by atoms with van der Waals surface area (Å²) in [6, 6.07) is 6.39. The van der Waals surface area contributed by atoms with Crippen LogP contribution in [-0.4, -0.2) is 9.97 Å². The molecule has 2 aromatic rings. The smallest absolute Gasteiger partial charge is 0.116 e. The zero-order valence-electron chi connectivity index (χ0n) is 14.9. The van der Waals surface area contributed by atoms with Crippen molar-refractivity contribution in [1.29, 1.82) is 0 Å². The number of rotatable bonds is 6. The lowest BCUT2D eigenvalue weighted by molar-refractivity contribution is 1.11. The van der Waals surface area contributed by atoms with Gasteiger partial charge in [-0.15, -0.1) is 0 Å². The summed E-state index contributed by atoms with van der Waals surface area (Å²) in [7, 11) is 0. The second-order valence-electron chi connectivity index (χ2n) is 5.48. The van der Waals surface area contributed by atoms with Gasteiger partial charge in [-0.1, -0.05) is 74.7 Å². The molecule has 0 aliphatic rings. The summed E-state index contributed by atoms with van der Waals surface area (Å²) in [5, 5.41) is 1.78. The van der Waals surface area contributed by atoms with Crippen molar-refractivity contribution in [3.8, 4) is 11.3 Å². The minimum Gasteiger partial charge on any atom is -0.236 e. The van der Waals surface area contributed by atoms with Crippen LogP contribution in [0.2, 0.25) is 0 Å². The number of hydrogen-bond acceptors (Lipinski definition) is 2. The molecule has 2 nitrogen and oxygen atoms in total. The second-order valence-corrected chi connectivity index (χ2v) is 5.48. The van der Waals surface area contributed by atoms with Crippen molar-refractivity contribution in [2.75, 3.05) is 0 Å². The van der Waals surface area contributed by atoms with Gasteiger partial charge in [0.2, 0.25) is 0 Å². The fourth-order valence-corrected chi connectivity index (χ4v) is 2.61. The zero-order valence-corrected chi connectivity index (χ0v) is 14.9. The minimum absolute atomic E-state index is 0.836. The van der Waals surface area contributed by atoms with E-state index >= 15 is 0 Å². The van der Waals surface area contributed by atoms with Crippen molar-refractivity contribution in [3.63, 3.8) is 0 Å². The van der Waals surface area contributed by atoms with Crippen LogP contribution in [0.25, 0.3) is 35.6 Å². The predicted molar refractivity (Wildman–Crippen MR) is 110 cm³/mol. The Morgan fingerprint density at radius 2 is 1.80 bits per heavy atom. The first-order valence-electron chi connectivity index (χ1n) is 8.45. The lowest BCUT2D eigenvalue weighted by atomic mass is 10.00. The summed E-state index contributed by atoms with van der Waals surface area (Å²) in [4.78, 5) is 8.87. The molecule has 1 aromatic heterocycles. The number of hydrogen-bond donors (Lipinski definition) is 0. The van der Waals surface area contributed by atoms with Crippen LogP contribution >= 0.6 is 0 Å². The van der Waals surface area contributed by atoms with Crippen LogP contribution in [0.1, 0.15) is 31.4 Å². The summed E-state index contributed by atoms with van der Waals surface area (Å²) in [5.41, 5.74) is 4.31. The van der Waals surface area contributed by atoms with Crippen LogP contribution in [0, 0.1) is 0 Å². The molecule has 1 heterocycles. The molecule has 0 unspecified atom stereocenters. The van der Waals surface area contributed by atoms with Gasteiger partial charge in [0.15, 0.2) is 0 Å². The Labute approximate surface area is 150 Å². The molecular formula is C23H24N2. The topological polar surface area (TPSA) is 25.8 Å². The van der Waals surface area contributed by atoms with E-state index < -0.39 is 0 Å². The SMILES string of the molecule is C=C/C=c1/c(-c2ccc(/C=C\C)c(/C=C\CC)c2)ncn/c1=C/C=C. The quantitative estimate of drug-likeness (QED) is 0.778. The van der Waals surface area contributed by atoms with E-state index in [1.807, 2.05) is 19.1 Å². The molecule has 1 aromatic carbocycles. The van der Waals surface area contributed by atoms with Crippen LogP contribution in [0.15, 0.2) is 62.0 Å². The Hall–Kier alpha value is -3.00. The van der Waals surface area contributed by atoms with E-state index in [0.717, 1.165) is 28.2 Å². The van der Waals surface area contributed by atoms with E-state index in [1.165, 1.54) is 11.1 Å². The summed E-state index contributed by atoms with van der Waals surface area (Å²) < 4.78 is 0. The van der Waals surface area contributed by atoms with E-state index in [1.54, 1.807) is 18.5 Å². The average molecular weight is 328 g/mol. The number of benzene rings is 1. The molecule has 0 saturated heterocycles. The normalized spacial score (nSPS) is 13.0. The van der Waals surface area contributed by atoms with E-state index in [9.17, 15) is 0 Å². The molecule has 0 N–H and O–H groups in total. The van der Waals surface area contributed by atoms with Gasteiger partial charge in [0.25, 0.3) is 0 Å². The van der Waals surface area contributed by atoms with Gasteiger partial charge >= 0.3 is 0 Å². The van der Waals surface area contributed by atoms with Gasteiger partial charge in [0, 0.05) is 10.8 Å². The minimum atomic E-state index is 0.836. The molecule has 2 heteroatoms. The fourth-order valence-electron chi connectivity index (χ4n) is 2.61. The third-order valence-electron chi connectivity index (χ3n) is 3.71. The lowest BCUT2D eigenvalue weighted by Crippen LogP contribution is -2.30. The highest BCUT2D eigenvalue weighted by atomic mass is 14.8. The highest BCUT2D eigenvalue weighted by Crippen LogP contribution is 2.21. The molecule has 0 radical (unpaired) electrons. The Kier molecular flexibility index (Phi) is 6.85. The summed E-state index contributed by atoms with van der Waals surface area (Å²) in [6.45, 7) is 11.7. The molecule has 0 bridgehead atoms. The van der Waals surface area contributed by atoms with E-state index in [4.69, 9.17) is 0 Å². The van der Waals surface area contributed by atoms with Crippen molar-refractivity contribution >= 4 is 24.3 Å². The van der Waals surface area contributed by atoms with Gasteiger partial charge < -0.3 is 0 Å². The molecule has 2 rings (SSSR count). The molecule has 0 saturated carbocycles. The standard InChI is InChI=1S/C23H24N2/c1-5-9-13-19-16-20(15-14-18(19)10-6-2)23-21(11-7-3)22(12-8-4)24-17-25-23/h6-17H,3-5H2,1-2H3/b10-6-,13-9-,21-11+,22-12+. The van der Waals surface area contributed by atoms with Crippen LogP contribution in [0.4, 0.5) is 0 Å². The lowest BCUT2D eigenvalue weighted by Gasteiger charge is -2.07.